The predicted octanol–water partition coefficient (Wildman–Crippen LogP) is 1.69. The van der Waals surface area contributed by atoms with Crippen LogP contribution < -0.4 is 5.32 Å². The molecule has 0 aromatic carbocycles. The first-order valence-corrected chi connectivity index (χ1v) is 7.16. The van der Waals surface area contributed by atoms with Gasteiger partial charge in [0.25, 0.3) is 0 Å². The number of nitrogens with one attached hydrogen (secondary N) is 1. The fourth-order valence-corrected chi connectivity index (χ4v) is 2.82. The molecule has 1 saturated heterocycles. The molecular formula is C11H22N2OS. The van der Waals surface area contributed by atoms with Crippen LogP contribution in [-0.4, -0.2) is 41.6 Å². The summed E-state index contributed by atoms with van der Waals surface area (Å²) in [5.74, 6) is 1.35. The molecule has 1 heterocycles. The van der Waals surface area contributed by atoms with Crippen LogP contribution in [0, 0.1) is 0 Å². The largest absolute Gasteiger partial charge is 0.325 e. The van der Waals surface area contributed by atoms with E-state index in [1.165, 1.54) is 0 Å². The molecule has 2 atom stereocenters. The van der Waals surface area contributed by atoms with Gasteiger partial charge in [0, 0.05) is 11.8 Å². The number of hydrogen-bond donors (Lipinski definition) is 1. The van der Waals surface area contributed by atoms with E-state index in [1.54, 1.807) is 0 Å². The van der Waals surface area contributed by atoms with E-state index in [1.807, 2.05) is 16.7 Å². The van der Waals surface area contributed by atoms with E-state index in [2.05, 4.69) is 25.4 Å². The molecule has 0 bridgehead atoms. The maximum atomic E-state index is 12.0. The first-order valence-electron chi connectivity index (χ1n) is 5.77. The molecule has 0 aliphatic carbocycles. The Labute approximate surface area is 97.0 Å². The number of carbonyl (C=O) groups excluding carboxylic acids is 1. The van der Waals surface area contributed by atoms with Crippen molar-refractivity contribution in [3.8, 4) is 0 Å². The average Bonchev–Trinajstić information content (AvgIpc) is 2.58. The summed E-state index contributed by atoms with van der Waals surface area (Å²) in [5.41, 5.74) is 0. The fourth-order valence-electron chi connectivity index (χ4n) is 2.02. The Morgan fingerprint density at radius 1 is 1.60 bits per heavy atom. The minimum absolute atomic E-state index is 0.0749. The number of nitrogens with zero attached hydrogens (tertiary/aromatic N) is 1. The lowest BCUT2D eigenvalue weighted by Gasteiger charge is -2.25. The van der Waals surface area contributed by atoms with Gasteiger partial charge >= 0.3 is 0 Å². The third kappa shape index (κ3) is 3.11. The van der Waals surface area contributed by atoms with Crippen molar-refractivity contribution in [1.29, 1.82) is 0 Å². The third-order valence-corrected chi connectivity index (χ3v) is 3.66. The molecule has 1 aliphatic heterocycles. The molecule has 0 radical (unpaired) electrons. The Bertz CT molecular complexity index is 211. The summed E-state index contributed by atoms with van der Waals surface area (Å²) < 4.78 is 0. The summed E-state index contributed by atoms with van der Waals surface area (Å²) in [5, 5.41) is 3.30. The van der Waals surface area contributed by atoms with Crippen LogP contribution in [0.15, 0.2) is 0 Å². The van der Waals surface area contributed by atoms with Gasteiger partial charge < -0.3 is 4.90 Å². The highest BCUT2D eigenvalue weighted by molar-refractivity contribution is 7.98. The Hall–Kier alpha value is -0.220. The zero-order valence-electron chi connectivity index (χ0n) is 9.95. The van der Waals surface area contributed by atoms with Crippen molar-refractivity contribution >= 4 is 17.7 Å². The van der Waals surface area contributed by atoms with Gasteiger partial charge in [-0.3, -0.25) is 10.1 Å². The van der Waals surface area contributed by atoms with Crippen LogP contribution in [0.5, 0.6) is 0 Å². The van der Waals surface area contributed by atoms with Crippen LogP contribution in [0.1, 0.15) is 33.1 Å². The average molecular weight is 230 g/mol. The molecule has 1 aliphatic rings. The molecule has 3 nitrogen and oxygen atoms in total. The van der Waals surface area contributed by atoms with Crippen molar-refractivity contribution in [2.75, 3.05) is 18.7 Å². The molecule has 1 amide bonds. The zero-order valence-corrected chi connectivity index (χ0v) is 10.8. The number of hydrogen-bond acceptors (Lipinski definition) is 3. The molecule has 1 fully saturated rings. The Balaban J connectivity index is 2.53. The van der Waals surface area contributed by atoms with Crippen molar-refractivity contribution in [3.05, 3.63) is 0 Å². The first kappa shape index (κ1) is 12.8. The van der Waals surface area contributed by atoms with Gasteiger partial charge in [-0.25, -0.2) is 0 Å². The molecule has 88 valence electrons. The van der Waals surface area contributed by atoms with Gasteiger partial charge in [-0.1, -0.05) is 20.3 Å². The quantitative estimate of drug-likeness (QED) is 0.753. The van der Waals surface area contributed by atoms with Gasteiger partial charge in [0.15, 0.2) is 0 Å². The number of thioether (sulfide) groups is 1. The van der Waals surface area contributed by atoms with Crippen LogP contribution in [0.3, 0.4) is 0 Å². The molecule has 0 saturated carbocycles. The number of carbonyl (C=O) groups is 1. The van der Waals surface area contributed by atoms with E-state index in [0.29, 0.717) is 11.9 Å². The Morgan fingerprint density at radius 3 is 2.87 bits per heavy atom. The summed E-state index contributed by atoms with van der Waals surface area (Å²) in [4.78, 5) is 14.0. The lowest BCUT2D eigenvalue weighted by molar-refractivity contribution is -0.130. The Morgan fingerprint density at radius 2 is 2.33 bits per heavy atom. The van der Waals surface area contributed by atoms with E-state index in [0.717, 1.165) is 31.7 Å². The van der Waals surface area contributed by atoms with Gasteiger partial charge in [-0.15, -0.1) is 0 Å². The van der Waals surface area contributed by atoms with Crippen molar-refractivity contribution in [3.63, 3.8) is 0 Å². The maximum Gasteiger partial charge on any atom is 0.241 e. The second-order valence-electron chi connectivity index (χ2n) is 4.03. The molecule has 1 N–H and O–H groups in total. The van der Waals surface area contributed by atoms with E-state index >= 15 is 0 Å². The molecule has 2 unspecified atom stereocenters. The lowest BCUT2D eigenvalue weighted by Crippen LogP contribution is -2.39. The molecule has 0 aromatic heterocycles. The second kappa shape index (κ2) is 6.38. The maximum absolute atomic E-state index is 12.0. The van der Waals surface area contributed by atoms with Gasteiger partial charge in [0.1, 0.15) is 0 Å². The van der Waals surface area contributed by atoms with Crippen LogP contribution in [0.2, 0.25) is 0 Å². The van der Waals surface area contributed by atoms with Gasteiger partial charge in [0.2, 0.25) is 5.91 Å². The van der Waals surface area contributed by atoms with E-state index in [-0.39, 0.29) is 6.04 Å². The van der Waals surface area contributed by atoms with Gasteiger partial charge in [0.05, 0.1) is 12.7 Å². The predicted molar refractivity (Wildman–Crippen MR) is 66.0 cm³/mol. The van der Waals surface area contributed by atoms with Crippen LogP contribution in [-0.2, 0) is 4.79 Å². The van der Waals surface area contributed by atoms with E-state index in [9.17, 15) is 4.79 Å². The van der Waals surface area contributed by atoms with Crippen molar-refractivity contribution in [2.24, 2.45) is 0 Å². The Kier molecular flexibility index (Phi) is 5.47. The van der Waals surface area contributed by atoms with Crippen molar-refractivity contribution in [2.45, 2.75) is 45.2 Å². The SMILES string of the molecule is CCCC1NCN(C(CC)CSC)C1=O. The summed E-state index contributed by atoms with van der Waals surface area (Å²) in [6, 6.07) is 0.479. The monoisotopic (exact) mass is 230 g/mol. The lowest BCUT2D eigenvalue weighted by atomic mass is 10.1. The molecule has 15 heavy (non-hydrogen) atoms. The van der Waals surface area contributed by atoms with Gasteiger partial charge in [-0.05, 0) is 19.1 Å². The number of rotatable bonds is 6. The highest BCUT2D eigenvalue weighted by Gasteiger charge is 2.33. The second-order valence-corrected chi connectivity index (χ2v) is 4.94. The highest BCUT2D eigenvalue weighted by Crippen LogP contribution is 2.16. The summed E-state index contributed by atoms with van der Waals surface area (Å²) in [6.45, 7) is 5.01. The standard InChI is InChI=1S/C11H22N2OS/c1-4-6-10-11(14)13(8-12-10)9(5-2)7-15-3/h9-10,12H,4-8H2,1-3H3. The smallest absolute Gasteiger partial charge is 0.241 e. The van der Waals surface area contributed by atoms with Crippen LogP contribution in [0.25, 0.3) is 0 Å². The summed E-state index contributed by atoms with van der Waals surface area (Å²) in [6.07, 6.45) is 5.18. The fraction of sp³-hybridized carbons (Fsp3) is 0.909. The minimum Gasteiger partial charge on any atom is -0.325 e. The highest BCUT2D eigenvalue weighted by atomic mass is 32.2. The normalized spacial score (nSPS) is 23.5. The molecule has 4 heteroatoms. The first-order chi connectivity index (χ1) is 7.24. The van der Waals surface area contributed by atoms with E-state index in [4.69, 9.17) is 0 Å². The van der Waals surface area contributed by atoms with Gasteiger partial charge in [-0.2, -0.15) is 11.8 Å². The van der Waals surface area contributed by atoms with Crippen LogP contribution in [0.4, 0.5) is 0 Å². The topological polar surface area (TPSA) is 32.3 Å². The summed E-state index contributed by atoms with van der Waals surface area (Å²) in [7, 11) is 0. The van der Waals surface area contributed by atoms with Crippen molar-refractivity contribution in [1.82, 2.24) is 10.2 Å². The van der Waals surface area contributed by atoms with Crippen molar-refractivity contribution < 1.29 is 4.79 Å². The molecular weight excluding hydrogens is 208 g/mol. The molecule has 0 spiro atoms. The van der Waals surface area contributed by atoms with Crippen LogP contribution >= 0.6 is 11.8 Å². The zero-order chi connectivity index (χ0) is 11.3. The molecule has 1 rings (SSSR count). The summed E-state index contributed by atoms with van der Waals surface area (Å²) >= 11 is 1.82. The third-order valence-electron chi connectivity index (χ3n) is 2.94. The minimum atomic E-state index is 0.0749. The van der Waals surface area contributed by atoms with E-state index < -0.39 is 0 Å². The molecule has 0 aromatic rings. The number of amides is 1.